The number of hydrogen-bond acceptors (Lipinski definition) is 7. The van der Waals surface area contributed by atoms with Crippen LogP contribution in [0.3, 0.4) is 0 Å². The molecule has 4 unspecified atom stereocenters. The predicted octanol–water partition coefficient (Wildman–Crippen LogP) is 2.61. The third-order valence-corrected chi connectivity index (χ3v) is 9.42. The van der Waals surface area contributed by atoms with Crippen LogP contribution in [-0.4, -0.2) is 79.0 Å². The minimum absolute atomic E-state index is 0.110. The molecular weight excluding hydrogens is 489 g/mol. The molecule has 13 heteroatoms. The van der Waals surface area contributed by atoms with Crippen LogP contribution in [-0.2, 0) is 24.9 Å². The van der Waals surface area contributed by atoms with Gasteiger partial charge >= 0.3 is 6.09 Å². The zero-order valence-corrected chi connectivity index (χ0v) is 20.7. The topological polar surface area (TPSA) is 111 Å². The van der Waals surface area contributed by atoms with Gasteiger partial charge in [-0.2, -0.15) is 0 Å². The Balaban J connectivity index is 1.45. The number of amides is 1. The molecule has 1 aliphatic heterocycles. The summed E-state index contributed by atoms with van der Waals surface area (Å²) in [4.78, 5) is 21.6. The molecule has 3 aliphatic rings. The van der Waals surface area contributed by atoms with Crippen molar-refractivity contribution < 1.29 is 35.9 Å². The lowest BCUT2D eigenvalue weighted by atomic mass is 9.86. The number of rotatable bonds is 8. The van der Waals surface area contributed by atoms with Crippen LogP contribution in [0.4, 0.5) is 18.0 Å². The highest BCUT2D eigenvalue weighted by Crippen LogP contribution is 2.61. The summed E-state index contributed by atoms with van der Waals surface area (Å²) in [5.74, 6) is 0.393. The molecule has 35 heavy (non-hydrogen) atoms. The molecule has 0 bridgehead atoms. The van der Waals surface area contributed by atoms with Crippen molar-refractivity contribution in [3.63, 3.8) is 0 Å². The molecule has 1 aromatic heterocycles. The van der Waals surface area contributed by atoms with E-state index in [2.05, 4.69) is 14.7 Å². The van der Waals surface area contributed by atoms with E-state index in [0.29, 0.717) is 18.7 Å². The van der Waals surface area contributed by atoms with Gasteiger partial charge in [-0.15, -0.1) is 0 Å². The monoisotopic (exact) mass is 520 g/mol. The summed E-state index contributed by atoms with van der Waals surface area (Å²) in [5, 5.41) is -0.767. The fraction of sp³-hybridized carbons (Fsp3) is 0.773. The molecule has 2 saturated carbocycles. The third-order valence-electron chi connectivity index (χ3n) is 7.55. The van der Waals surface area contributed by atoms with E-state index in [9.17, 15) is 26.4 Å². The van der Waals surface area contributed by atoms with E-state index in [1.807, 2.05) is 0 Å². The van der Waals surface area contributed by atoms with Crippen LogP contribution in [0.2, 0.25) is 0 Å². The highest BCUT2D eigenvalue weighted by atomic mass is 32.2. The number of carbonyl (C=O) groups excluding carboxylic acids is 1. The molecule has 1 saturated heterocycles. The summed E-state index contributed by atoms with van der Waals surface area (Å²) in [7, 11) is -2.68. The summed E-state index contributed by atoms with van der Waals surface area (Å²) in [6.45, 7) is 2.86. The van der Waals surface area contributed by atoms with Gasteiger partial charge in [0.05, 0.1) is 49.5 Å². The van der Waals surface area contributed by atoms with Crippen LogP contribution >= 0.6 is 0 Å². The van der Waals surface area contributed by atoms with E-state index in [4.69, 9.17) is 9.47 Å². The minimum Gasteiger partial charge on any atom is -0.453 e. The van der Waals surface area contributed by atoms with Gasteiger partial charge in [-0.05, 0) is 51.9 Å². The SMILES string of the molecule is COC(=O)N1C(COC2CCC3(c4ncc(F)cn4)CC3C2)[C@@H](NS(=O)(=O)C(C)C)C[C@H]1C(F)F. The van der Waals surface area contributed by atoms with E-state index in [1.54, 1.807) is 0 Å². The lowest BCUT2D eigenvalue weighted by Crippen LogP contribution is -2.52. The van der Waals surface area contributed by atoms with E-state index in [-0.39, 0.29) is 30.5 Å². The van der Waals surface area contributed by atoms with Gasteiger partial charge in [0.1, 0.15) is 5.82 Å². The second kappa shape index (κ2) is 9.81. The summed E-state index contributed by atoms with van der Waals surface area (Å²) >= 11 is 0. The van der Waals surface area contributed by atoms with Crippen molar-refractivity contribution in [3.05, 3.63) is 24.0 Å². The lowest BCUT2D eigenvalue weighted by Gasteiger charge is -2.33. The maximum Gasteiger partial charge on any atom is 0.410 e. The number of halogens is 3. The quantitative estimate of drug-likeness (QED) is 0.561. The number of methoxy groups -OCH3 is 1. The number of fused-ring (bicyclic) bond motifs is 1. The van der Waals surface area contributed by atoms with Gasteiger partial charge in [0.15, 0.2) is 5.82 Å². The van der Waals surface area contributed by atoms with Crippen LogP contribution in [0.25, 0.3) is 0 Å². The van der Waals surface area contributed by atoms with Gasteiger partial charge in [0.2, 0.25) is 10.0 Å². The van der Waals surface area contributed by atoms with Crippen molar-refractivity contribution in [2.45, 2.75) is 87.3 Å². The lowest BCUT2D eigenvalue weighted by molar-refractivity contribution is -0.0239. The number of hydrogen-bond donors (Lipinski definition) is 1. The van der Waals surface area contributed by atoms with E-state index < -0.39 is 51.7 Å². The summed E-state index contributed by atoms with van der Waals surface area (Å²) < 4.78 is 79.1. The molecule has 2 heterocycles. The highest BCUT2D eigenvalue weighted by molar-refractivity contribution is 7.90. The number of carbonyl (C=O) groups is 1. The van der Waals surface area contributed by atoms with Crippen molar-refractivity contribution in [1.29, 1.82) is 0 Å². The molecule has 0 spiro atoms. The maximum atomic E-state index is 13.8. The maximum absolute atomic E-state index is 13.8. The average molecular weight is 521 g/mol. The Morgan fingerprint density at radius 1 is 1.29 bits per heavy atom. The number of likely N-dealkylation sites (tertiary alicyclic amines) is 1. The third kappa shape index (κ3) is 5.12. The van der Waals surface area contributed by atoms with Crippen LogP contribution in [0.1, 0.15) is 51.8 Å². The molecule has 1 N–H and O–H groups in total. The molecule has 0 aromatic carbocycles. The molecular formula is C22H31F3N4O5S. The Labute approximate surface area is 202 Å². The average Bonchev–Trinajstić information content (AvgIpc) is 3.44. The fourth-order valence-electron chi connectivity index (χ4n) is 5.43. The predicted molar refractivity (Wildman–Crippen MR) is 119 cm³/mol. The van der Waals surface area contributed by atoms with E-state index in [1.165, 1.54) is 13.8 Å². The second-order valence-electron chi connectivity index (χ2n) is 9.91. The van der Waals surface area contributed by atoms with Crippen molar-refractivity contribution in [2.75, 3.05) is 13.7 Å². The Morgan fingerprint density at radius 2 is 1.97 bits per heavy atom. The molecule has 2 aliphatic carbocycles. The van der Waals surface area contributed by atoms with Crippen molar-refractivity contribution in [3.8, 4) is 0 Å². The van der Waals surface area contributed by atoms with Crippen molar-refractivity contribution in [1.82, 2.24) is 19.6 Å². The Kier molecular flexibility index (Phi) is 7.31. The van der Waals surface area contributed by atoms with Gasteiger partial charge in [-0.3, -0.25) is 4.90 Å². The Bertz CT molecular complexity index is 1030. The van der Waals surface area contributed by atoms with E-state index >= 15 is 0 Å². The number of ether oxygens (including phenoxy) is 2. The largest absolute Gasteiger partial charge is 0.453 e. The Hall–Kier alpha value is -1.99. The molecule has 0 radical (unpaired) electrons. The number of sulfonamides is 1. The zero-order chi connectivity index (χ0) is 25.5. The number of nitrogens with one attached hydrogen (secondary N) is 1. The number of alkyl halides is 2. The van der Waals surface area contributed by atoms with Crippen molar-refractivity contribution >= 4 is 16.1 Å². The summed E-state index contributed by atoms with van der Waals surface area (Å²) in [5.41, 5.74) is -0.185. The standard InChI is InChI=1S/C22H31F3N4O5S/c1-12(2)35(31,32)28-16-7-17(19(24)25)29(21(30)33-3)18(16)11-34-15-4-5-22(8-13(22)6-15)20-26-9-14(23)10-27-20/h9-10,12-13,15-19,28H,4-8,11H2,1-3H3/t13?,15?,16-,17-,18?,22?/m0/s1. The van der Waals surface area contributed by atoms with Gasteiger partial charge in [-0.25, -0.2) is 41.1 Å². The molecule has 1 amide bonds. The molecule has 196 valence electrons. The van der Waals surface area contributed by atoms with Crippen LogP contribution < -0.4 is 4.72 Å². The molecule has 1 aromatic rings. The van der Waals surface area contributed by atoms with Crippen molar-refractivity contribution in [2.24, 2.45) is 5.92 Å². The molecule has 9 nitrogen and oxygen atoms in total. The first-order chi connectivity index (χ1) is 16.5. The van der Waals surface area contributed by atoms with Gasteiger partial charge < -0.3 is 9.47 Å². The Morgan fingerprint density at radius 3 is 2.54 bits per heavy atom. The molecule has 4 rings (SSSR count). The molecule has 3 fully saturated rings. The summed E-state index contributed by atoms with van der Waals surface area (Å²) in [6, 6.07) is -3.37. The molecule has 6 atom stereocenters. The summed E-state index contributed by atoms with van der Waals surface area (Å²) in [6.07, 6.45) is 1.01. The smallest absolute Gasteiger partial charge is 0.410 e. The zero-order valence-electron chi connectivity index (χ0n) is 19.9. The van der Waals surface area contributed by atoms with E-state index in [0.717, 1.165) is 37.2 Å². The number of nitrogens with zero attached hydrogens (tertiary/aromatic N) is 3. The van der Waals surface area contributed by atoms with Crippen LogP contribution in [0.5, 0.6) is 0 Å². The first kappa shape index (κ1) is 26.1. The second-order valence-corrected chi connectivity index (χ2v) is 12.2. The number of aromatic nitrogens is 2. The fourth-order valence-corrected chi connectivity index (χ4v) is 6.38. The van der Waals surface area contributed by atoms with Crippen LogP contribution in [0, 0.1) is 11.7 Å². The first-order valence-corrected chi connectivity index (χ1v) is 13.3. The van der Waals surface area contributed by atoms with Gasteiger partial charge in [-0.1, -0.05) is 0 Å². The highest BCUT2D eigenvalue weighted by Gasteiger charge is 2.60. The normalized spacial score (nSPS) is 32.7. The van der Waals surface area contributed by atoms with Gasteiger partial charge in [0, 0.05) is 11.5 Å². The minimum atomic E-state index is -3.78. The first-order valence-electron chi connectivity index (χ1n) is 11.7. The van der Waals surface area contributed by atoms with Crippen LogP contribution in [0.15, 0.2) is 12.4 Å². The van der Waals surface area contributed by atoms with Gasteiger partial charge in [0.25, 0.3) is 6.43 Å².